The number of halogens is 1. The average Bonchev–Trinajstić information content (AvgIpc) is 3.32. The van der Waals surface area contributed by atoms with Crippen LogP contribution in [0.3, 0.4) is 0 Å². The highest BCUT2D eigenvalue weighted by molar-refractivity contribution is 7.98. The lowest BCUT2D eigenvalue weighted by molar-refractivity contribution is -0.132. The maximum atomic E-state index is 13.3. The van der Waals surface area contributed by atoms with Crippen LogP contribution in [-0.2, 0) is 24.3 Å². The molecule has 4 rings (SSSR count). The molecule has 2 aromatic carbocycles. The fourth-order valence-electron chi connectivity index (χ4n) is 3.73. The van der Waals surface area contributed by atoms with E-state index in [0.717, 1.165) is 32.7 Å². The van der Waals surface area contributed by atoms with Crippen molar-refractivity contribution < 1.29 is 13.6 Å². The Balaban J connectivity index is 1.67. The van der Waals surface area contributed by atoms with Crippen LogP contribution in [0.1, 0.15) is 16.9 Å². The van der Waals surface area contributed by atoms with Gasteiger partial charge in [0.2, 0.25) is 5.91 Å². The Labute approximate surface area is 197 Å². The van der Waals surface area contributed by atoms with Gasteiger partial charge in [-0.05, 0) is 54.3 Å². The van der Waals surface area contributed by atoms with Crippen LogP contribution < -0.4 is 4.90 Å². The number of aromatic nitrogens is 1. The van der Waals surface area contributed by atoms with E-state index in [4.69, 9.17) is 9.40 Å². The van der Waals surface area contributed by atoms with E-state index in [1.54, 1.807) is 35.1 Å². The molecule has 0 atom stereocenters. The lowest BCUT2D eigenvalue weighted by Crippen LogP contribution is -2.32. The summed E-state index contributed by atoms with van der Waals surface area (Å²) in [5.41, 5.74) is 2.63. The second-order valence-corrected chi connectivity index (χ2v) is 8.94. The van der Waals surface area contributed by atoms with Gasteiger partial charge in [-0.2, -0.15) is 0 Å². The van der Waals surface area contributed by atoms with Crippen molar-refractivity contribution in [2.24, 2.45) is 0 Å². The lowest BCUT2D eigenvalue weighted by Gasteiger charge is -2.25. The molecule has 33 heavy (non-hydrogen) atoms. The number of pyridine rings is 1. The molecule has 4 aromatic rings. The summed E-state index contributed by atoms with van der Waals surface area (Å²) in [7, 11) is 3.90. The zero-order valence-corrected chi connectivity index (χ0v) is 19.7. The van der Waals surface area contributed by atoms with Crippen molar-refractivity contribution in [3.05, 3.63) is 89.6 Å². The number of fused-ring (bicyclic) bond motifs is 1. The third-order valence-corrected chi connectivity index (χ3v) is 6.14. The largest absolute Gasteiger partial charge is 0.467 e. The Kier molecular flexibility index (Phi) is 6.99. The van der Waals surface area contributed by atoms with Crippen molar-refractivity contribution >= 4 is 34.4 Å². The van der Waals surface area contributed by atoms with Crippen LogP contribution in [0.5, 0.6) is 0 Å². The molecule has 1 amide bonds. The smallest absolute Gasteiger partial charge is 0.227 e. The zero-order valence-electron chi connectivity index (χ0n) is 18.9. The first-order valence-electron chi connectivity index (χ1n) is 10.6. The van der Waals surface area contributed by atoms with E-state index in [1.807, 2.05) is 37.4 Å². The number of benzene rings is 2. The highest BCUT2D eigenvalue weighted by Crippen LogP contribution is 2.27. The SMILES string of the molecule is CSc1ccc2cc(CN(Cc3ccco3)C(=O)Cc3ccc(F)cc3)c(N(C)C)nc2c1. The van der Waals surface area contributed by atoms with Crippen molar-refractivity contribution in [2.45, 2.75) is 24.4 Å². The molecule has 0 spiro atoms. The van der Waals surface area contributed by atoms with Crippen molar-refractivity contribution in [3.63, 3.8) is 0 Å². The van der Waals surface area contributed by atoms with E-state index < -0.39 is 0 Å². The summed E-state index contributed by atoms with van der Waals surface area (Å²) in [5, 5.41) is 1.03. The molecule has 2 aromatic heterocycles. The molecule has 0 aliphatic rings. The van der Waals surface area contributed by atoms with E-state index in [1.165, 1.54) is 12.1 Å². The summed E-state index contributed by atoms with van der Waals surface area (Å²) in [6.07, 6.45) is 3.82. The van der Waals surface area contributed by atoms with Crippen LogP contribution in [0.25, 0.3) is 10.9 Å². The first-order chi connectivity index (χ1) is 15.9. The number of furan rings is 1. The topological polar surface area (TPSA) is 49.6 Å². The first-order valence-corrected chi connectivity index (χ1v) is 11.8. The fraction of sp³-hybridized carbons (Fsp3) is 0.231. The molecule has 7 heteroatoms. The van der Waals surface area contributed by atoms with Crippen LogP contribution in [0.4, 0.5) is 10.2 Å². The first kappa shape index (κ1) is 22.9. The van der Waals surface area contributed by atoms with E-state index in [9.17, 15) is 9.18 Å². The predicted octanol–water partition coefficient (Wildman–Crippen LogP) is 5.53. The van der Waals surface area contributed by atoms with Gasteiger partial charge in [0.25, 0.3) is 0 Å². The molecule has 0 bridgehead atoms. The van der Waals surface area contributed by atoms with Gasteiger partial charge in [0.1, 0.15) is 17.4 Å². The Bertz CT molecular complexity index is 1240. The van der Waals surface area contributed by atoms with Crippen LogP contribution in [-0.4, -0.2) is 36.1 Å². The predicted molar refractivity (Wildman–Crippen MR) is 131 cm³/mol. The average molecular weight is 464 g/mol. The monoisotopic (exact) mass is 463 g/mol. The molecule has 0 aliphatic heterocycles. The van der Waals surface area contributed by atoms with Crippen LogP contribution in [0.15, 0.2) is 76.2 Å². The van der Waals surface area contributed by atoms with Gasteiger partial charge in [0.05, 0.1) is 24.7 Å². The van der Waals surface area contributed by atoms with E-state index >= 15 is 0 Å². The van der Waals surface area contributed by atoms with Gasteiger partial charge in [-0.3, -0.25) is 4.79 Å². The van der Waals surface area contributed by atoms with Crippen LogP contribution in [0, 0.1) is 5.82 Å². The molecule has 0 saturated carbocycles. The van der Waals surface area contributed by atoms with Gasteiger partial charge in [0.15, 0.2) is 0 Å². The summed E-state index contributed by atoms with van der Waals surface area (Å²) in [4.78, 5) is 23.1. The molecule has 170 valence electrons. The van der Waals surface area contributed by atoms with E-state index in [0.29, 0.717) is 18.8 Å². The maximum absolute atomic E-state index is 13.3. The molecule has 0 fully saturated rings. The minimum Gasteiger partial charge on any atom is -0.467 e. The van der Waals surface area contributed by atoms with Gasteiger partial charge in [-0.15, -0.1) is 11.8 Å². The molecule has 0 radical (unpaired) electrons. The number of amides is 1. The summed E-state index contributed by atoms with van der Waals surface area (Å²) in [5.74, 6) is 1.13. The summed E-state index contributed by atoms with van der Waals surface area (Å²) < 4.78 is 18.8. The minimum absolute atomic E-state index is 0.0689. The van der Waals surface area contributed by atoms with Crippen molar-refractivity contribution in [1.29, 1.82) is 0 Å². The normalized spacial score (nSPS) is 11.0. The quantitative estimate of drug-likeness (QED) is 0.322. The van der Waals surface area contributed by atoms with E-state index in [2.05, 4.69) is 24.3 Å². The highest BCUT2D eigenvalue weighted by atomic mass is 32.2. The third-order valence-electron chi connectivity index (χ3n) is 5.41. The standard InChI is InChI=1S/C26H26FN3O2S/c1-29(2)26-20(14-19-8-11-23(33-3)15-24(19)28-26)16-30(17-22-5-4-12-32-22)25(31)13-18-6-9-21(27)10-7-18/h4-12,14-15H,13,16-17H2,1-3H3. The Morgan fingerprint density at radius 2 is 1.85 bits per heavy atom. The maximum Gasteiger partial charge on any atom is 0.227 e. The molecular weight excluding hydrogens is 437 g/mol. The molecule has 0 aliphatic carbocycles. The second-order valence-electron chi connectivity index (χ2n) is 8.06. The number of thioether (sulfide) groups is 1. The third kappa shape index (κ3) is 5.54. The summed E-state index contributed by atoms with van der Waals surface area (Å²) in [6, 6.07) is 18.0. The van der Waals surface area contributed by atoms with Gasteiger partial charge in [-0.1, -0.05) is 18.2 Å². The number of hydrogen-bond donors (Lipinski definition) is 0. The summed E-state index contributed by atoms with van der Waals surface area (Å²) in [6.45, 7) is 0.713. The molecule has 0 saturated heterocycles. The molecule has 0 unspecified atom stereocenters. The van der Waals surface area contributed by atoms with Crippen molar-refractivity contribution in [2.75, 3.05) is 25.3 Å². The minimum atomic E-state index is -0.318. The highest BCUT2D eigenvalue weighted by Gasteiger charge is 2.20. The Morgan fingerprint density at radius 3 is 2.52 bits per heavy atom. The lowest BCUT2D eigenvalue weighted by atomic mass is 10.1. The van der Waals surface area contributed by atoms with Crippen LogP contribution in [0.2, 0.25) is 0 Å². The van der Waals surface area contributed by atoms with E-state index in [-0.39, 0.29) is 18.1 Å². The fourth-order valence-corrected chi connectivity index (χ4v) is 4.16. The van der Waals surface area contributed by atoms with Gasteiger partial charge < -0.3 is 14.2 Å². The Hall–Kier alpha value is -3.32. The number of carbonyl (C=O) groups excluding carboxylic acids is 1. The van der Waals surface area contributed by atoms with Gasteiger partial charge in [0, 0.05) is 36.5 Å². The second kappa shape index (κ2) is 10.1. The molecule has 0 N–H and O–H groups in total. The number of nitrogens with zero attached hydrogens (tertiary/aromatic N) is 3. The van der Waals surface area contributed by atoms with Gasteiger partial charge >= 0.3 is 0 Å². The number of hydrogen-bond acceptors (Lipinski definition) is 5. The number of carbonyl (C=O) groups is 1. The number of rotatable bonds is 8. The van der Waals surface area contributed by atoms with Crippen molar-refractivity contribution in [3.8, 4) is 0 Å². The molecule has 5 nitrogen and oxygen atoms in total. The Morgan fingerprint density at radius 1 is 1.06 bits per heavy atom. The molecule has 2 heterocycles. The zero-order chi connectivity index (χ0) is 23.4. The van der Waals surface area contributed by atoms with Crippen LogP contribution >= 0.6 is 11.8 Å². The van der Waals surface area contributed by atoms with Crippen molar-refractivity contribution in [1.82, 2.24) is 9.88 Å². The summed E-state index contributed by atoms with van der Waals surface area (Å²) >= 11 is 1.68. The molecular formula is C26H26FN3O2S. The van der Waals surface area contributed by atoms with Gasteiger partial charge in [-0.25, -0.2) is 9.37 Å². The number of anilines is 1.